The molecular formula is C16H13N3O6S. The highest BCUT2D eigenvalue weighted by Crippen LogP contribution is 2.23. The molecule has 2 rings (SSSR count). The van der Waals surface area contributed by atoms with Gasteiger partial charge < -0.3 is 10.1 Å². The number of hydrogen-bond acceptors (Lipinski definition) is 7. The number of carbonyl (C=O) groups excluding carboxylic acids is 3. The molecule has 0 unspecified atom stereocenters. The molecule has 2 aromatic rings. The van der Waals surface area contributed by atoms with Gasteiger partial charge in [0, 0.05) is 18.2 Å². The predicted octanol–water partition coefficient (Wildman–Crippen LogP) is 2.80. The number of nitrogens with one attached hydrogen (secondary N) is 2. The molecular weight excluding hydrogens is 362 g/mol. The summed E-state index contributed by atoms with van der Waals surface area (Å²) in [6.07, 6.45) is 1.68. The maximum absolute atomic E-state index is 12.0. The number of nitro benzene ring substituents is 1. The summed E-state index contributed by atoms with van der Waals surface area (Å²) < 4.78 is 4.34. The second kappa shape index (κ2) is 8.53. The number of imide groups is 1. The lowest BCUT2D eigenvalue weighted by atomic mass is 10.2. The second-order valence-electron chi connectivity index (χ2n) is 4.78. The van der Waals surface area contributed by atoms with Crippen molar-refractivity contribution >= 4 is 46.0 Å². The van der Waals surface area contributed by atoms with Gasteiger partial charge in [0.1, 0.15) is 5.00 Å². The van der Waals surface area contributed by atoms with Crippen LogP contribution in [0.1, 0.15) is 15.9 Å². The van der Waals surface area contributed by atoms with Crippen LogP contribution in [0.15, 0.2) is 41.8 Å². The molecule has 10 heteroatoms. The fourth-order valence-electron chi connectivity index (χ4n) is 1.86. The number of benzene rings is 1. The fourth-order valence-corrected chi connectivity index (χ4v) is 2.65. The van der Waals surface area contributed by atoms with E-state index in [-0.39, 0.29) is 16.3 Å². The predicted molar refractivity (Wildman–Crippen MR) is 95.0 cm³/mol. The number of anilines is 1. The topological polar surface area (TPSA) is 128 Å². The van der Waals surface area contributed by atoms with Crippen molar-refractivity contribution < 1.29 is 24.0 Å². The van der Waals surface area contributed by atoms with E-state index in [1.54, 1.807) is 11.4 Å². The van der Waals surface area contributed by atoms with Crippen molar-refractivity contribution in [2.24, 2.45) is 0 Å². The average molecular weight is 375 g/mol. The maximum atomic E-state index is 12.0. The zero-order valence-electron chi connectivity index (χ0n) is 13.4. The number of amides is 3. The van der Waals surface area contributed by atoms with Crippen molar-refractivity contribution in [2.45, 2.75) is 0 Å². The van der Waals surface area contributed by atoms with Gasteiger partial charge in [0.05, 0.1) is 17.6 Å². The van der Waals surface area contributed by atoms with Crippen LogP contribution >= 0.6 is 11.3 Å². The van der Waals surface area contributed by atoms with E-state index in [2.05, 4.69) is 10.1 Å². The van der Waals surface area contributed by atoms with Crippen molar-refractivity contribution in [1.29, 1.82) is 0 Å². The van der Waals surface area contributed by atoms with Crippen LogP contribution in [0.25, 0.3) is 6.08 Å². The number of alkyl carbamates (subject to hydrolysis) is 1. The van der Waals surface area contributed by atoms with E-state index in [9.17, 15) is 24.5 Å². The zero-order valence-corrected chi connectivity index (χ0v) is 14.2. The average Bonchev–Trinajstić information content (AvgIpc) is 3.08. The van der Waals surface area contributed by atoms with E-state index in [0.29, 0.717) is 5.56 Å². The van der Waals surface area contributed by atoms with Crippen LogP contribution in [0.2, 0.25) is 0 Å². The van der Waals surface area contributed by atoms with Gasteiger partial charge in [-0.1, -0.05) is 12.1 Å². The van der Waals surface area contributed by atoms with Crippen LogP contribution in [0.3, 0.4) is 0 Å². The first kappa shape index (κ1) is 18.8. The molecule has 0 aliphatic rings. The molecule has 0 fully saturated rings. The van der Waals surface area contributed by atoms with Gasteiger partial charge in [-0.25, -0.2) is 4.79 Å². The van der Waals surface area contributed by atoms with Crippen LogP contribution in [0, 0.1) is 10.1 Å². The Labute approximate surface area is 151 Å². The molecule has 0 spiro atoms. The molecule has 9 nitrogen and oxygen atoms in total. The molecule has 1 aromatic heterocycles. The van der Waals surface area contributed by atoms with Crippen molar-refractivity contribution in [1.82, 2.24) is 5.32 Å². The summed E-state index contributed by atoms with van der Waals surface area (Å²) in [6, 6.07) is 7.23. The van der Waals surface area contributed by atoms with Gasteiger partial charge >= 0.3 is 6.09 Å². The zero-order chi connectivity index (χ0) is 19.1. The van der Waals surface area contributed by atoms with Crippen LogP contribution < -0.4 is 10.6 Å². The SMILES string of the molecule is COC(=O)NC(=O)c1ccsc1NC(=O)/C=C/c1cccc([N+](=O)[O-])c1. The highest BCUT2D eigenvalue weighted by molar-refractivity contribution is 7.14. The van der Waals surface area contributed by atoms with E-state index >= 15 is 0 Å². The smallest absolute Gasteiger partial charge is 0.413 e. The Balaban J connectivity index is 2.06. The van der Waals surface area contributed by atoms with E-state index in [0.717, 1.165) is 18.4 Å². The van der Waals surface area contributed by atoms with E-state index < -0.39 is 22.8 Å². The van der Waals surface area contributed by atoms with Crippen LogP contribution in [0.5, 0.6) is 0 Å². The minimum atomic E-state index is -0.913. The van der Waals surface area contributed by atoms with Crippen LogP contribution in [0.4, 0.5) is 15.5 Å². The molecule has 0 aliphatic carbocycles. The molecule has 0 atom stereocenters. The fraction of sp³-hybridized carbons (Fsp3) is 0.0625. The molecule has 26 heavy (non-hydrogen) atoms. The summed E-state index contributed by atoms with van der Waals surface area (Å²) in [5, 5.41) is 17.1. The molecule has 0 saturated carbocycles. The van der Waals surface area contributed by atoms with Crippen LogP contribution in [-0.4, -0.2) is 29.9 Å². The third-order valence-electron chi connectivity index (χ3n) is 3.06. The molecule has 134 valence electrons. The van der Waals surface area contributed by atoms with Gasteiger partial charge in [-0.05, 0) is 23.1 Å². The Morgan fingerprint density at radius 1 is 1.27 bits per heavy atom. The summed E-state index contributed by atoms with van der Waals surface area (Å²) in [5.74, 6) is -1.25. The Morgan fingerprint density at radius 3 is 2.73 bits per heavy atom. The second-order valence-corrected chi connectivity index (χ2v) is 5.70. The Kier molecular flexibility index (Phi) is 6.17. The summed E-state index contributed by atoms with van der Waals surface area (Å²) in [4.78, 5) is 45.2. The summed E-state index contributed by atoms with van der Waals surface area (Å²) in [7, 11) is 1.12. The van der Waals surface area contributed by atoms with E-state index in [1.807, 2.05) is 5.32 Å². The Morgan fingerprint density at radius 2 is 2.04 bits per heavy atom. The minimum Gasteiger partial charge on any atom is -0.453 e. The Bertz CT molecular complexity index is 890. The van der Waals surface area contributed by atoms with Gasteiger partial charge in [-0.3, -0.25) is 25.0 Å². The lowest BCUT2D eigenvalue weighted by molar-refractivity contribution is -0.384. The largest absolute Gasteiger partial charge is 0.453 e. The number of methoxy groups -OCH3 is 1. The number of nitro groups is 1. The summed E-state index contributed by atoms with van der Waals surface area (Å²) in [5.41, 5.74) is 0.495. The van der Waals surface area contributed by atoms with Crippen molar-refractivity contribution in [3.63, 3.8) is 0 Å². The highest BCUT2D eigenvalue weighted by atomic mass is 32.1. The van der Waals surface area contributed by atoms with E-state index in [1.165, 1.54) is 36.4 Å². The number of carbonyl (C=O) groups is 3. The number of thiophene rings is 1. The number of nitrogens with zero attached hydrogens (tertiary/aromatic N) is 1. The number of rotatable bonds is 5. The first-order valence-electron chi connectivity index (χ1n) is 7.11. The molecule has 3 amide bonds. The first-order chi connectivity index (χ1) is 12.4. The number of non-ortho nitro benzene ring substituents is 1. The van der Waals surface area contributed by atoms with Gasteiger partial charge in [0.2, 0.25) is 5.91 Å². The Hall–Kier alpha value is -3.53. The van der Waals surface area contributed by atoms with Gasteiger partial charge in [0.15, 0.2) is 0 Å². The number of ether oxygens (including phenoxy) is 1. The van der Waals surface area contributed by atoms with E-state index in [4.69, 9.17) is 0 Å². The van der Waals surface area contributed by atoms with Gasteiger partial charge in [-0.15, -0.1) is 11.3 Å². The maximum Gasteiger partial charge on any atom is 0.413 e. The third kappa shape index (κ3) is 4.98. The quantitative estimate of drug-likeness (QED) is 0.470. The summed E-state index contributed by atoms with van der Waals surface area (Å²) in [6.45, 7) is 0. The van der Waals surface area contributed by atoms with Crippen molar-refractivity contribution in [3.8, 4) is 0 Å². The molecule has 2 N–H and O–H groups in total. The first-order valence-corrected chi connectivity index (χ1v) is 7.99. The lowest BCUT2D eigenvalue weighted by Crippen LogP contribution is -2.30. The highest BCUT2D eigenvalue weighted by Gasteiger charge is 2.16. The van der Waals surface area contributed by atoms with Crippen molar-refractivity contribution in [2.75, 3.05) is 12.4 Å². The number of hydrogen-bond donors (Lipinski definition) is 2. The molecule has 0 bridgehead atoms. The normalized spacial score (nSPS) is 10.3. The van der Waals surface area contributed by atoms with Gasteiger partial charge in [-0.2, -0.15) is 0 Å². The van der Waals surface area contributed by atoms with Crippen LogP contribution in [-0.2, 0) is 9.53 Å². The molecule has 1 heterocycles. The molecule has 1 aromatic carbocycles. The monoisotopic (exact) mass is 375 g/mol. The lowest BCUT2D eigenvalue weighted by Gasteiger charge is -2.04. The minimum absolute atomic E-state index is 0.0902. The molecule has 0 radical (unpaired) electrons. The standard InChI is InChI=1S/C16H13N3O6S/c1-25-16(22)18-14(21)12-7-8-26-15(12)17-13(20)6-5-10-3-2-4-11(9-10)19(23)24/h2-9H,1H3,(H,17,20)(H,18,21,22)/b6-5+. The third-order valence-corrected chi connectivity index (χ3v) is 3.89. The molecule has 0 aliphatic heterocycles. The van der Waals surface area contributed by atoms with Gasteiger partial charge in [0.25, 0.3) is 11.6 Å². The van der Waals surface area contributed by atoms with Crippen molar-refractivity contribution in [3.05, 3.63) is 63.0 Å². The molecule has 0 saturated heterocycles. The summed E-state index contributed by atoms with van der Waals surface area (Å²) >= 11 is 1.10.